The van der Waals surface area contributed by atoms with Crippen LogP contribution in [-0.4, -0.2) is 35.5 Å². The van der Waals surface area contributed by atoms with Crippen LogP contribution in [0.15, 0.2) is 120 Å². The van der Waals surface area contributed by atoms with Crippen LogP contribution in [0.5, 0.6) is 0 Å². The third kappa shape index (κ3) is 9.32. The molecule has 2 atom stereocenters. The van der Waals surface area contributed by atoms with E-state index in [4.69, 9.17) is 4.74 Å². The highest BCUT2D eigenvalue weighted by Gasteiger charge is 2.31. The summed E-state index contributed by atoms with van der Waals surface area (Å²) in [6.45, 7) is 5.75. The molecule has 8 nitrogen and oxygen atoms in total. The predicted molar refractivity (Wildman–Crippen MR) is 214 cm³/mol. The van der Waals surface area contributed by atoms with Gasteiger partial charge >= 0.3 is 5.97 Å². The number of carbonyl (C=O) groups excluding carboxylic acids is 4. The van der Waals surface area contributed by atoms with E-state index in [9.17, 15) is 19.2 Å². The first-order valence-corrected chi connectivity index (χ1v) is 19.3. The quantitative estimate of drug-likeness (QED) is 0.0668. The molecule has 5 aromatic rings. The smallest absolute Gasteiger partial charge is 0.341 e. The van der Waals surface area contributed by atoms with Crippen LogP contribution in [0.1, 0.15) is 74.0 Å². The summed E-state index contributed by atoms with van der Waals surface area (Å²) in [5.41, 5.74) is 5.46. The molecule has 53 heavy (non-hydrogen) atoms. The molecular formula is C43H41N3O5S2. The number of anilines is 2. The Kier molecular flexibility index (Phi) is 12.2. The number of thioether (sulfide) groups is 1. The van der Waals surface area contributed by atoms with Crippen molar-refractivity contribution >= 4 is 63.6 Å². The first kappa shape index (κ1) is 37.3. The molecule has 2 unspecified atom stereocenters. The van der Waals surface area contributed by atoms with Gasteiger partial charge in [-0.15, -0.1) is 23.1 Å². The zero-order valence-electron chi connectivity index (χ0n) is 29.8. The maximum Gasteiger partial charge on any atom is 0.341 e. The fraction of sp³-hybridized carbons (Fsp3) is 0.209. The maximum atomic E-state index is 13.7. The van der Waals surface area contributed by atoms with Gasteiger partial charge in [0.05, 0.1) is 17.4 Å². The molecule has 270 valence electrons. The number of amides is 3. The maximum absolute atomic E-state index is 13.7. The number of ether oxygens (including phenoxy) is 1. The molecule has 1 aromatic heterocycles. The standard InChI is InChI=1S/C43H41N3O5S2/c1-4-51-43(50)38-35-23-22-32(29-15-7-5-8-16-29)25-37(35)53-42(38)46-39(47)28(3)52-34-21-13-20-33(26-34)44-41(49)36(24-31-19-12-11-14-27(31)2)45-40(48)30-17-9-6-10-18-30/h5-21,24,26,28,32H,4,22-23,25H2,1-3H3,(H,44,49)(H,45,48)(H,46,47)/b36-24-. The highest BCUT2D eigenvalue weighted by Crippen LogP contribution is 2.43. The van der Waals surface area contributed by atoms with E-state index in [-0.39, 0.29) is 18.2 Å². The largest absolute Gasteiger partial charge is 0.462 e. The molecule has 1 aliphatic rings. The molecule has 0 saturated carbocycles. The monoisotopic (exact) mass is 743 g/mol. The van der Waals surface area contributed by atoms with E-state index in [1.165, 1.54) is 28.7 Å². The van der Waals surface area contributed by atoms with Crippen molar-refractivity contribution in [3.05, 3.63) is 153 Å². The zero-order valence-corrected chi connectivity index (χ0v) is 31.4. The van der Waals surface area contributed by atoms with Gasteiger partial charge in [-0.25, -0.2) is 4.79 Å². The van der Waals surface area contributed by atoms with E-state index in [2.05, 4.69) is 28.1 Å². The molecule has 3 N–H and O–H groups in total. The van der Waals surface area contributed by atoms with Crippen LogP contribution in [0.3, 0.4) is 0 Å². The second-order valence-electron chi connectivity index (χ2n) is 12.7. The normalized spacial score (nSPS) is 14.4. The van der Waals surface area contributed by atoms with Crippen molar-refractivity contribution in [3.8, 4) is 0 Å². The van der Waals surface area contributed by atoms with Crippen molar-refractivity contribution in [2.75, 3.05) is 17.2 Å². The number of hydrogen-bond donors (Lipinski definition) is 3. The number of benzene rings is 4. The Morgan fingerprint density at radius 1 is 0.906 bits per heavy atom. The number of nitrogens with one attached hydrogen (secondary N) is 3. The first-order valence-electron chi connectivity index (χ1n) is 17.6. The SMILES string of the molecule is CCOC(=O)c1c(NC(=O)C(C)Sc2cccc(NC(=O)/C(=C/c3ccccc3C)NC(=O)c3ccccc3)c2)sc2c1CCC(c1ccccc1)C2. The zero-order chi connectivity index (χ0) is 37.3. The molecule has 0 saturated heterocycles. The topological polar surface area (TPSA) is 114 Å². The molecule has 1 aliphatic carbocycles. The number of rotatable bonds is 12. The van der Waals surface area contributed by atoms with Crippen LogP contribution >= 0.6 is 23.1 Å². The minimum Gasteiger partial charge on any atom is -0.462 e. The van der Waals surface area contributed by atoms with Crippen LogP contribution in [0.2, 0.25) is 0 Å². The summed E-state index contributed by atoms with van der Waals surface area (Å²) >= 11 is 2.79. The van der Waals surface area contributed by atoms with Crippen molar-refractivity contribution in [2.24, 2.45) is 0 Å². The Morgan fingerprint density at radius 3 is 2.36 bits per heavy atom. The number of aryl methyl sites for hydroxylation is 1. The molecule has 3 amide bonds. The molecule has 0 radical (unpaired) electrons. The molecule has 6 rings (SSSR count). The fourth-order valence-corrected chi connectivity index (χ4v) is 8.51. The Bertz CT molecular complexity index is 2150. The molecular weight excluding hydrogens is 703 g/mol. The van der Waals surface area contributed by atoms with Crippen LogP contribution in [-0.2, 0) is 27.2 Å². The number of thiophene rings is 1. The lowest BCUT2D eigenvalue weighted by molar-refractivity contribution is -0.115. The number of esters is 1. The van der Waals surface area contributed by atoms with E-state index in [1.807, 2.05) is 61.5 Å². The average Bonchev–Trinajstić information content (AvgIpc) is 3.53. The molecule has 0 bridgehead atoms. The summed E-state index contributed by atoms with van der Waals surface area (Å²) in [5.74, 6) is -1.22. The molecule has 10 heteroatoms. The third-order valence-corrected chi connectivity index (χ3v) is 11.3. The summed E-state index contributed by atoms with van der Waals surface area (Å²) in [7, 11) is 0. The number of hydrogen-bond acceptors (Lipinski definition) is 7. The van der Waals surface area contributed by atoms with Crippen LogP contribution in [0.4, 0.5) is 10.7 Å². The lowest BCUT2D eigenvalue weighted by atomic mass is 9.83. The highest BCUT2D eigenvalue weighted by atomic mass is 32.2. The van der Waals surface area contributed by atoms with Gasteiger partial charge in [0.1, 0.15) is 10.7 Å². The van der Waals surface area contributed by atoms with Gasteiger partial charge in [-0.05, 0) is 105 Å². The van der Waals surface area contributed by atoms with E-state index in [0.717, 1.165) is 45.7 Å². The molecule has 0 aliphatic heterocycles. The molecule has 4 aromatic carbocycles. The van der Waals surface area contributed by atoms with Crippen molar-refractivity contribution < 1.29 is 23.9 Å². The number of fused-ring (bicyclic) bond motifs is 1. The molecule has 0 spiro atoms. The second kappa shape index (κ2) is 17.4. The Hall–Kier alpha value is -5.45. The van der Waals surface area contributed by atoms with Crippen LogP contribution < -0.4 is 16.0 Å². The Morgan fingerprint density at radius 2 is 1.62 bits per heavy atom. The van der Waals surface area contributed by atoms with Gasteiger partial charge in [-0.2, -0.15) is 0 Å². The van der Waals surface area contributed by atoms with E-state index in [1.54, 1.807) is 62.4 Å². The van der Waals surface area contributed by atoms with Crippen LogP contribution in [0.25, 0.3) is 6.08 Å². The second-order valence-corrected chi connectivity index (χ2v) is 15.3. The van der Waals surface area contributed by atoms with Gasteiger partial charge in [0.2, 0.25) is 5.91 Å². The lowest BCUT2D eigenvalue weighted by Gasteiger charge is -2.23. The van der Waals surface area contributed by atoms with Gasteiger partial charge < -0.3 is 20.7 Å². The predicted octanol–water partition coefficient (Wildman–Crippen LogP) is 9.03. The minimum absolute atomic E-state index is 0.0880. The van der Waals surface area contributed by atoms with Crippen LogP contribution in [0, 0.1) is 6.92 Å². The lowest BCUT2D eigenvalue weighted by Crippen LogP contribution is -2.30. The van der Waals surface area contributed by atoms with Crippen molar-refractivity contribution in [3.63, 3.8) is 0 Å². The van der Waals surface area contributed by atoms with E-state index < -0.39 is 23.0 Å². The first-order chi connectivity index (χ1) is 25.7. The summed E-state index contributed by atoms with van der Waals surface area (Å²) in [6, 6.07) is 33.9. The van der Waals surface area contributed by atoms with Gasteiger partial charge in [0.25, 0.3) is 11.8 Å². The van der Waals surface area contributed by atoms with E-state index in [0.29, 0.717) is 27.7 Å². The fourth-order valence-electron chi connectivity index (χ4n) is 6.27. The van der Waals surface area contributed by atoms with E-state index >= 15 is 0 Å². The van der Waals surface area contributed by atoms with Gasteiger partial charge in [-0.1, -0.05) is 78.9 Å². The average molecular weight is 744 g/mol. The van der Waals surface area contributed by atoms with Gasteiger partial charge in [0, 0.05) is 21.0 Å². The summed E-state index contributed by atoms with van der Waals surface area (Å²) in [5, 5.41) is 8.72. The number of carbonyl (C=O) groups is 4. The summed E-state index contributed by atoms with van der Waals surface area (Å²) in [6.07, 6.45) is 4.10. The molecule has 1 heterocycles. The highest BCUT2D eigenvalue weighted by molar-refractivity contribution is 8.00. The van der Waals surface area contributed by atoms with Crippen molar-refractivity contribution in [1.29, 1.82) is 0 Å². The Balaban J connectivity index is 1.16. The van der Waals surface area contributed by atoms with Gasteiger partial charge in [0.15, 0.2) is 0 Å². The third-order valence-electron chi connectivity index (χ3n) is 9.04. The molecule has 0 fully saturated rings. The summed E-state index contributed by atoms with van der Waals surface area (Å²) < 4.78 is 5.44. The Labute approximate surface area is 318 Å². The van der Waals surface area contributed by atoms with Gasteiger partial charge in [-0.3, -0.25) is 14.4 Å². The summed E-state index contributed by atoms with van der Waals surface area (Å²) in [4.78, 5) is 55.4. The minimum atomic E-state index is -0.533. The van der Waals surface area contributed by atoms with Crippen molar-refractivity contribution in [1.82, 2.24) is 5.32 Å². The van der Waals surface area contributed by atoms with Crippen molar-refractivity contribution in [2.45, 2.75) is 56.1 Å².